The molecule has 2 aliphatic heterocycles. The molecule has 19 heavy (non-hydrogen) atoms. The first kappa shape index (κ1) is 12.2. The number of fused-ring (bicyclic) bond motifs is 1. The van der Waals surface area contributed by atoms with E-state index in [9.17, 15) is 9.59 Å². The van der Waals surface area contributed by atoms with E-state index in [1.54, 1.807) is 22.1 Å². The second-order valence-electron chi connectivity index (χ2n) is 4.78. The van der Waals surface area contributed by atoms with Gasteiger partial charge in [-0.2, -0.15) is 5.10 Å². The number of carbonyl (C=O) groups excluding carboxylic acids is 2. The van der Waals surface area contributed by atoms with E-state index in [1.807, 2.05) is 6.92 Å². The molecule has 0 radical (unpaired) electrons. The van der Waals surface area contributed by atoms with Gasteiger partial charge < -0.3 is 14.5 Å². The van der Waals surface area contributed by atoms with Gasteiger partial charge in [-0.1, -0.05) is 0 Å². The summed E-state index contributed by atoms with van der Waals surface area (Å²) in [6, 6.07) is 1.62. The molecule has 0 aliphatic carbocycles. The Bertz CT molecular complexity index is 487. The first-order valence-corrected chi connectivity index (χ1v) is 6.40. The van der Waals surface area contributed by atoms with Crippen molar-refractivity contribution in [3.05, 3.63) is 18.0 Å². The summed E-state index contributed by atoms with van der Waals surface area (Å²) in [6.07, 6.45) is 1.47. The van der Waals surface area contributed by atoms with Gasteiger partial charge in [-0.3, -0.25) is 14.7 Å². The zero-order valence-electron chi connectivity index (χ0n) is 10.7. The molecule has 1 N–H and O–H groups in total. The Hall–Kier alpha value is -1.89. The van der Waals surface area contributed by atoms with Crippen molar-refractivity contribution in [1.82, 2.24) is 20.0 Å². The quantitative estimate of drug-likeness (QED) is 0.779. The molecule has 0 saturated carbocycles. The number of H-pyrrole nitrogens is 1. The van der Waals surface area contributed by atoms with E-state index in [1.165, 1.54) is 0 Å². The lowest BCUT2D eigenvalue weighted by Crippen LogP contribution is -2.53. The SMILES string of the molecule is CCN1C(=O)CO[C@@H]2CN(C(=O)c3ccn[nH]3)C[C@H]21. The number of amides is 2. The molecule has 0 bridgehead atoms. The molecule has 0 spiro atoms. The molecule has 7 heteroatoms. The van der Waals surface area contributed by atoms with Crippen molar-refractivity contribution in [2.24, 2.45) is 0 Å². The Kier molecular flexibility index (Phi) is 2.98. The topological polar surface area (TPSA) is 78.5 Å². The van der Waals surface area contributed by atoms with Gasteiger partial charge in [0, 0.05) is 25.8 Å². The Morgan fingerprint density at radius 2 is 2.42 bits per heavy atom. The summed E-state index contributed by atoms with van der Waals surface area (Å²) in [5.41, 5.74) is 0.466. The van der Waals surface area contributed by atoms with Gasteiger partial charge in [-0.25, -0.2) is 0 Å². The summed E-state index contributed by atoms with van der Waals surface area (Å²) in [7, 11) is 0. The van der Waals surface area contributed by atoms with Gasteiger partial charge in [-0.15, -0.1) is 0 Å². The second-order valence-corrected chi connectivity index (χ2v) is 4.78. The second kappa shape index (κ2) is 4.65. The van der Waals surface area contributed by atoms with E-state index in [4.69, 9.17) is 4.74 Å². The van der Waals surface area contributed by atoms with Crippen molar-refractivity contribution in [1.29, 1.82) is 0 Å². The van der Waals surface area contributed by atoms with Crippen LogP contribution in [0.2, 0.25) is 0 Å². The average Bonchev–Trinajstić information content (AvgIpc) is 3.07. The number of ether oxygens (including phenoxy) is 1. The predicted molar refractivity (Wildman–Crippen MR) is 65.4 cm³/mol. The van der Waals surface area contributed by atoms with Crippen LogP contribution in [0.25, 0.3) is 0 Å². The minimum Gasteiger partial charge on any atom is -0.364 e. The molecule has 2 fully saturated rings. The van der Waals surface area contributed by atoms with Gasteiger partial charge in [0.25, 0.3) is 5.91 Å². The van der Waals surface area contributed by atoms with Crippen molar-refractivity contribution in [3.8, 4) is 0 Å². The fourth-order valence-electron chi connectivity index (χ4n) is 2.79. The number of likely N-dealkylation sites (N-methyl/N-ethyl adjacent to an activating group) is 1. The molecule has 0 aromatic carbocycles. The van der Waals surface area contributed by atoms with Crippen molar-refractivity contribution in [2.75, 3.05) is 26.2 Å². The van der Waals surface area contributed by atoms with Gasteiger partial charge in [0.2, 0.25) is 5.91 Å². The highest BCUT2D eigenvalue weighted by Crippen LogP contribution is 2.24. The number of aromatic nitrogens is 2. The highest BCUT2D eigenvalue weighted by Gasteiger charge is 2.44. The summed E-state index contributed by atoms with van der Waals surface area (Å²) in [5, 5.41) is 6.45. The molecule has 102 valence electrons. The molecule has 2 atom stereocenters. The van der Waals surface area contributed by atoms with Gasteiger partial charge in [-0.05, 0) is 13.0 Å². The molecule has 2 amide bonds. The third-order valence-corrected chi connectivity index (χ3v) is 3.74. The fraction of sp³-hybridized carbons (Fsp3) is 0.583. The number of nitrogens with one attached hydrogen (secondary N) is 1. The van der Waals surface area contributed by atoms with Crippen LogP contribution in [0.5, 0.6) is 0 Å². The van der Waals surface area contributed by atoms with Gasteiger partial charge in [0.05, 0.1) is 12.1 Å². The number of hydrogen-bond donors (Lipinski definition) is 1. The van der Waals surface area contributed by atoms with Crippen molar-refractivity contribution >= 4 is 11.8 Å². The van der Waals surface area contributed by atoms with E-state index in [0.717, 1.165) is 0 Å². The zero-order chi connectivity index (χ0) is 13.4. The minimum absolute atomic E-state index is 0.000380. The number of nitrogens with zero attached hydrogens (tertiary/aromatic N) is 3. The lowest BCUT2D eigenvalue weighted by molar-refractivity contribution is -0.152. The molecule has 3 rings (SSSR count). The largest absolute Gasteiger partial charge is 0.364 e. The standard InChI is InChI=1S/C12H16N4O3/c1-2-16-9-5-15(6-10(9)19-7-11(16)17)12(18)8-3-4-13-14-8/h3-4,9-10H,2,5-7H2,1H3,(H,13,14)/t9-,10-/m1/s1. The molecule has 2 saturated heterocycles. The van der Waals surface area contributed by atoms with E-state index in [0.29, 0.717) is 25.3 Å². The smallest absolute Gasteiger partial charge is 0.272 e. The maximum atomic E-state index is 12.2. The first-order chi connectivity index (χ1) is 9.20. The highest BCUT2D eigenvalue weighted by molar-refractivity contribution is 5.92. The molecule has 3 heterocycles. The molecule has 1 aromatic heterocycles. The summed E-state index contributed by atoms with van der Waals surface area (Å²) in [6.45, 7) is 3.74. The van der Waals surface area contributed by atoms with Crippen LogP contribution in [0.1, 0.15) is 17.4 Å². The Morgan fingerprint density at radius 1 is 1.58 bits per heavy atom. The van der Waals surface area contributed by atoms with Crippen molar-refractivity contribution in [2.45, 2.75) is 19.1 Å². The molecule has 2 aliphatic rings. The van der Waals surface area contributed by atoms with Crippen LogP contribution in [0.3, 0.4) is 0 Å². The average molecular weight is 264 g/mol. The number of likely N-dealkylation sites (tertiary alicyclic amines) is 1. The third kappa shape index (κ3) is 1.99. The lowest BCUT2D eigenvalue weighted by atomic mass is 10.1. The minimum atomic E-state index is -0.0981. The molecular formula is C12H16N4O3. The Balaban J connectivity index is 1.75. The Labute approximate surface area is 110 Å². The molecule has 1 aromatic rings. The molecule has 7 nitrogen and oxygen atoms in total. The number of morpholine rings is 1. The van der Waals surface area contributed by atoms with Crippen LogP contribution in [-0.4, -0.2) is 70.2 Å². The van der Waals surface area contributed by atoms with Gasteiger partial charge >= 0.3 is 0 Å². The normalized spacial score (nSPS) is 26.7. The van der Waals surface area contributed by atoms with Crippen molar-refractivity contribution in [3.63, 3.8) is 0 Å². The van der Waals surface area contributed by atoms with Crippen LogP contribution in [0, 0.1) is 0 Å². The van der Waals surface area contributed by atoms with E-state index >= 15 is 0 Å². The fourth-order valence-corrected chi connectivity index (χ4v) is 2.79. The van der Waals surface area contributed by atoms with Crippen LogP contribution >= 0.6 is 0 Å². The van der Waals surface area contributed by atoms with Crippen LogP contribution in [-0.2, 0) is 9.53 Å². The number of carbonyl (C=O) groups is 2. The number of hydrogen-bond acceptors (Lipinski definition) is 4. The maximum Gasteiger partial charge on any atom is 0.272 e. The zero-order valence-corrected chi connectivity index (χ0v) is 10.7. The van der Waals surface area contributed by atoms with E-state index in [-0.39, 0.29) is 30.6 Å². The lowest BCUT2D eigenvalue weighted by Gasteiger charge is -2.35. The van der Waals surface area contributed by atoms with E-state index < -0.39 is 0 Å². The summed E-state index contributed by atoms with van der Waals surface area (Å²) >= 11 is 0. The molecular weight excluding hydrogens is 248 g/mol. The summed E-state index contributed by atoms with van der Waals surface area (Å²) in [4.78, 5) is 27.5. The van der Waals surface area contributed by atoms with Crippen LogP contribution < -0.4 is 0 Å². The maximum absolute atomic E-state index is 12.2. The van der Waals surface area contributed by atoms with E-state index in [2.05, 4.69) is 10.2 Å². The van der Waals surface area contributed by atoms with Crippen LogP contribution in [0.15, 0.2) is 12.3 Å². The highest BCUT2D eigenvalue weighted by atomic mass is 16.5. The summed E-state index contributed by atoms with van der Waals surface area (Å²) < 4.78 is 5.53. The number of rotatable bonds is 2. The first-order valence-electron chi connectivity index (χ1n) is 6.40. The Morgan fingerprint density at radius 3 is 3.11 bits per heavy atom. The monoisotopic (exact) mass is 264 g/mol. The number of aromatic amines is 1. The third-order valence-electron chi connectivity index (χ3n) is 3.74. The van der Waals surface area contributed by atoms with Gasteiger partial charge in [0.1, 0.15) is 12.3 Å². The predicted octanol–water partition coefficient (Wildman–Crippen LogP) is -0.519. The van der Waals surface area contributed by atoms with Crippen molar-refractivity contribution < 1.29 is 14.3 Å². The molecule has 0 unspecified atom stereocenters. The van der Waals surface area contributed by atoms with Gasteiger partial charge in [0.15, 0.2) is 0 Å². The van der Waals surface area contributed by atoms with Crippen LogP contribution in [0.4, 0.5) is 0 Å². The summed E-state index contributed by atoms with van der Waals surface area (Å²) in [5.74, 6) is -0.0985.